The number of morpholine rings is 1. The standard InChI is InChI=1S/C17H23NO2/c1-13-11-18(12-14(2)20-13)16-7-5-15(6-8-16)9-10-17(3,4)19/h5-8,13-14,19H,11-12H2,1-4H3/t13-,14+. The summed E-state index contributed by atoms with van der Waals surface area (Å²) in [5.74, 6) is 5.81. The molecule has 1 saturated heterocycles. The predicted octanol–water partition coefficient (Wildman–Crippen LogP) is 2.42. The molecule has 3 nitrogen and oxygen atoms in total. The highest BCUT2D eigenvalue weighted by molar-refractivity contribution is 5.51. The summed E-state index contributed by atoms with van der Waals surface area (Å²) in [4.78, 5) is 2.34. The van der Waals surface area contributed by atoms with Gasteiger partial charge in [0, 0.05) is 24.3 Å². The van der Waals surface area contributed by atoms with E-state index in [4.69, 9.17) is 4.74 Å². The van der Waals surface area contributed by atoms with Crippen LogP contribution >= 0.6 is 0 Å². The fourth-order valence-electron chi connectivity index (χ4n) is 2.37. The molecular formula is C17H23NO2. The summed E-state index contributed by atoms with van der Waals surface area (Å²) in [6.07, 6.45) is 0.516. The smallest absolute Gasteiger partial charge is 0.120 e. The van der Waals surface area contributed by atoms with Gasteiger partial charge in [-0.1, -0.05) is 11.8 Å². The molecule has 3 heteroatoms. The van der Waals surface area contributed by atoms with Crippen LogP contribution in [0.1, 0.15) is 33.3 Å². The maximum absolute atomic E-state index is 9.60. The Balaban J connectivity index is 2.09. The lowest BCUT2D eigenvalue weighted by molar-refractivity contribution is -0.00521. The van der Waals surface area contributed by atoms with E-state index in [9.17, 15) is 5.11 Å². The zero-order valence-electron chi connectivity index (χ0n) is 12.7. The lowest BCUT2D eigenvalue weighted by Crippen LogP contribution is -2.45. The summed E-state index contributed by atoms with van der Waals surface area (Å²) in [5, 5.41) is 9.60. The average molecular weight is 273 g/mol. The molecule has 0 amide bonds. The number of nitrogens with zero attached hydrogens (tertiary/aromatic N) is 1. The molecule has 108 valence electrons. The lowest BCUT2D eigenvalue weighted by atomic mass is 10.1. The number of hydrogen-bond acceptors (Lipinski definition) is 3. The number of rotatable bonds is 1. The van der Waals surface area contributed by atoms with Crippen molar-refractivity contribution in [2.75, 3.05) is 18.0 Å². The SMILES string of the molecule is C[C@@H]1CN(c2ccc(C#CC(C)(C)O)cc2)C[C@H](C)O1. The van der Waals surface area contributed by atoms with Crippen LogP contribution < -0.4 is 4.90 Å². The van der Waals surface area contributed by atoms with Crippen LogP contribution in [0, 0.1) is 11.8 Å². The largest absolute Gasteiger partial charge is 0.378 e. The van der Waals surface area contributed by atoms with Crippen LogP contribution in [0.4, 0.5) is 5.69 Å². The van der Waals surface area contributed by atoms with Crippen molar-refractivity contribution < 1.29 is 9.84 Å². The van der Waals surface area contributed by atoms with Crippen molar-refractivity contribution in [2.24, 2.45) is 0 Å². The average Bonchev–Trinajstić information content (AvgIpc) is 2.35. The summed E-state index contributed by atoms with van der Waals surface area (Å²) >= 11 is 0. The molecule has 0 radical (unpaired) electrons. The molecule has 0 aliphatic carbocycles. The summed E-state index contributed by atoms with van der Waals surface area (Å²) in [6.45, 7) is 9.41. The minimum atomic E-state index is -0.951. The minimum Gasteiger partial charge on any atom is -0.378 e. The Morgan fingerprint density at radius 2 is 1.70 bits per heavy atom. The van der Waals surface area contributed by atoms with E-state index in [1.165, 1.54) is 5.69 Å². The van der Waals surface area contributed by atoms with E-state index in [0.29, 0.717) is 0 Å². The maximum atomic E-state index is 9.60. The van der Waals surface area contributed by atoms with Crippen molar-refractivity contribution in [1.29, 1.82) is 0 Å². The molecule has 1 heterocycles. The van der Waals surface area contributed by atoms with E-state index in [2.05, 4.69) is 42.7 Å². The van der Waals surface area contributed by atoms with Gasteiger partial charge >= 0.3 is 0 Å². The second-order valence-corrected chi connectivity index (χ2v) is 6.02. The van der Waals surface area contributed by atoms with Gasteiger partial charge in [0.05, 0.1) is 12.2 Å². The van der Waals surface area contributed by atoms with Crippen molar-refractivity contribution in [3.05, 3.63) is 29.8 Å². The molecule has 0 aromatic heterocycles. The second-order valence-electron chi connectivity index (χ2n) is 6.02. The first kappa shape index (κ1) is 14.9. The van der Waals surface area contributed by atoms with E-state index in [1.54, 1.807) is 13.8 Å². The first-order valence-corrected chi connectivity index (χ1v) is 7.09. The number of aliphatic hydroxyl groups is 1. The molecule has 2 rings (SSSR count). The molecule has 1 fully saturated rings. The Labute approximate surface area is 121 Å². The Morgan fingerprint density at radius 3 is 2.20 bits per heavy atom. The van der Waals surface area contributed by atoms with Crippen LogP contribution in [0.5, 0.6) is 0 Å². The van der Waals surface area contributed by atoms with Crippen LogP contribution in [0.15, 0.2) is 24.3 Å². The molecule has 0 spiro atoms. The molecular weight excluding hydrogens is 250 g/mol. The minimum absolute atomic E-state index is 0.258. The topological polar surface area (TPSA) is 32.7 Å². The van der Waals surface area contributed by atoms with Crippen molar-refractivity contribution >= 4 is 5.69 Å². The van der Waals surface area contributed by atoms with Crippen LogP contribution in [-0.2, 0) is 4.74 Å². The van der Waals surface area contributed by atoms with Crippen molar-refractivity contribution in [3.8, 4) is 11.8 Å². The van der Waals surface area contributed by atoms with Gasteiger partial charge in [-0.15, -0.1) is 0 Å². The fourth-order valence-corrected chi connectivity index (χ4v) is 2.37. The monoisotopic (exact) mass is 273 g/mol. The Hall–Kier alpha value is -1.50. The van der Waals surface area contributed by atoms with Gasteiger partial charge in [-0.2, -0.15) is 0 Å². The zero-order chi connectivity index (χ0) is 14.8. The van der Waals surface area contributed by atoms with Crippen LogP contribution in [0.2, 0.25) is 0 Å². The van der Waals surface area contributed by atoms with E-state index < -0.39 is 5.60 Å². The van der Waals surface area contributed by atoms with Crippen molar-refractivity contribution in [3.63, 3.8) is 0 Å². The molecule has 0 bridgehead atoms. The van der Waals surface area contributed by atoms with Gasteiger partial charge in [0.25, 0.3) is 0 Å². The summed E-state index contributed by atoms with van der Waals surface area (Å²) in [6, 6.07) is 8.16. The fraction of sp³-hybridized carbons (Fsp3) is 0.529. The Morgan fingerprint density at radius 1 is 1.15 bits per heavy atom. The molecule has 1 N–H and O–H groups in total. The summed E-state index contributed by atoms with van der Waals surface area (Å²) < 4.78 is 5.75. The third-order valence-corrected chi connectivity index (χ3v) is 3.16. The number of anilines is 1. The van der Waals surface area contributed by atoms with Gasteiger partial charge in [0.15, 0.2) is 0 Å². The molecule has 0 unspecified atom stereocenters. The quantitative estimate of drug-likeness (QED) is 0.798. The van der Waals surface area contributed by atoms with Crippen LogP contribution in [-0.4, -0.2) is 36.0 Å². The van der Waals surface area contributed by atoms with Gasteiger partial charge in [-0.3, -0.25) is 0 Å². The van der Waals surface area contributed by atoms with Crippen molar-refractivity contribution in [1.82, 2.24) is 0 Å². The molecule has 1 aliphatic heterocycles. The normalized spacial score (nSPS) is 23.1. The van der Waals surface area contributed by atoms with E-state index in [0.717, 1.165) is 18.7 Å². The lowest BCUT2D eigenvalue weighted by Gasteiger charge is -2.36. The first-order chi connectivity index (χ1) is 9.33. The third-order valence-electron chi connectivity index (χ3n) is 3.16. The zero-order valence-corrected chi connectivity index (χ0v) is 12.7. The van der Waals surface area contributed by atoms with E-state index >= 15 is 0 Å². The Bertz CT molecular complexity index is 495. The van der Waals surface area contributed by atoms with Gasteiger partial charge in [-0.05, 0) is 52.0 Å². The third kappa shape index (κ3) is 4.26. The Kier molecular flexibility index (Phi) is 4.37. The number of ether oxygens (including phenoxy) is 1. The first-order valence-electron chi connectivity index (χ1n) is 7.09. The maximum Gasteiger partial charge on any atom is 0.120 e. The van der Waals surface area contributed by atoms with Crippen molar-refractivity contribution in [2.45, 2.75) is 45.5 Å². The van der Waals surface area contributed by atoms with Crippen LogP contribution in [0.25, 0.3) is 0 Å². The second kappa shape index (κ2) is 5.87. The van der Waals surface area contributed by atoms with Crippen LogP contribution in [0.3, 0.4) is 0 Å². The van der Waals surface area contributed by atoms with Gasteiger partial charge < -0.3 is 14.7 Å². The highest BCUT2D eigenvalue weighted by Crippen LogP contribution is 2.20. The molecule has 0 saturated carbocycles. The molecule has 1 aromatic rings. The van der Waals surface area contributed by atoms with E-state index in [1.807, 2.05) is 12.1 Å². The molecule has 1 aliphatic rings. The predicted molar refractivity (Wildman–Crippen MR) is 81.8 cm³/mol. The molecule has 1 aromatic carbocycles. The van der Waals surface area contributed by atoms with Gasteiger partial charge in [0.2, 0.25) is 0 Å². The number of hydrogen-bond donors (Lipinski definition) is 1. The van der Waals surface area contributed by atoms with E-state index in [-0.39, 0.29) is 12.2 Å². The number of benzene rings is 1. The van der Waals surface area contributed by atoms with Gasteiger partial charge in [0.1, 0.15) is 5.60 Å². The summed E-state index contributed by atoms with van der Waals surface area (Å²) in [7, 11) is 0. The molecule has 20 heavy (non-hydrogen) atoms. The highest BCUT2D eigenvalue weighted by atomic mass is 16.5. The van der Waals surface area contributed by atoms with Gasteiger partial charge in [-0.25, -0.2) is 0 Å². The highest BCUT2D eigenvalue weighted by Gasteiger charge is 2.22. The summed E-state index contributed by atoms with van der Waals surface area (Å²) in [5.41, 5.74) is 1.17. The molecule has 2 atom stereocenters.